The molecule has 5 N–H and O–H groups in total. The van der Waals surface area contributed by atoms with Crippen LogP contribution in [0.4, 0.5) is 9.59 Å². The van der Waals surface area contributed by atoms with Gasteiger partial charge in [-0.1, -0.05) is 84.0 Å². The lowest BCUT2D eigenvalue weighted by molar-refractivity contribution is -0.346. The van der Waals surface area contributed by atoms with E-state index in [1.54, 1.807) is 69.3 Å². The van der Waals surface area contributed by atoms with Gasteiger partial charge in [-0.15, -0.1) is 0 Å². The summed E-state index contributed by atoms with van der Waals surface area (Å²) in [5.74, 6) is -4.83. The van der Waals surface area contributed by atoms with Crippen molar-refractivity contribution in [1.82, 2.24) is 5.32 Å². The molecule has 1 saturated heterocycles. The second-order valence-electron chi connectivity index (χ2n) is 19.1. The minimum atomic E-state index is -2.44. The van der Waals surface area contributed by atoms with Gasteiger partial charge in [-0.3, -0.25) is 9.59 Å². The highest BCUT2D eigenvalue weighted by atomic mass is 33.1. The smallest absolute Gasteiger partial charge is 0.455 e. The van der Waals surface area contributed by atoms with E-state index in [4.69, 9.17) is 38.3 Å². The third kappa shape index (κ3) is 10.3. The number of carbonyl (C=O) groups is 6. The Morgan fingerprint density at radius 2 is 1.57 bits per heavy atom. The summed E-state index contributed by atoms with van der Waals surface area (Å²) in [5, 5.41) is 49.8. The Bertz CT molecular complexity index is 2240. The third-order valence-electron chi connectivity index (χ3n) is 13.4. The van der Waals surface area contributed by atoms with E-state index in [9.17, 15) is 39.3 Å². The monoisotopic (exact) mass is 987 g/mol. The molecule has 11 atom stereocenters. The number of aliphatic hydroxyl groups is 4. The molecule has 3 fully saturated rings. The van der Waals surface area contributed by atoms with Gasteiger partial charge >= 0.3 is 30.2 Å². The molecule has 0 spiro atoms. The molecule has 2 aromatic rings. The van der Waals surface area contributed by atoms with E-state index in [1.807, 2.05) is 0 Å². The van der Waals surface area contributed by atoms with Gasteiger partial charge in [-0.2, -0.15) is 0 Å². The maximum atomic E-state index is 15.2. The average Bonchev–Trinajstić information content (AvgIpc) is 3.27. The minimum Gasteiger partial charge on any atom is -0.455 e. The fourth-order valence-corrected chi connectivity index (χ4v) is 11.7. The first-order chi connectivity index (χ1) is 31.9. The second-order valence-corrected chi connectivity index (χ2v) is 21.8. The van der Waals surface area contributed by atoms with Crippen molar-refractivity contribution in [2.75, 3.05) is 31.3 Å². The molecule has 4 aliphatic rings. The van der Waals surface area contributed by atoms with E-state index in [-0.39, 0.29) is 54.3 Å². The van der Waals surface area contributed by atoms with E-state index in [0.29, 0.717) is 5.75 Å². The summed E-state index contributed by atoms with van der Waals surface area (Å²) in [6.07, 6.45) is -13.3. The van der Waals surface area contributed by atoms with Crippen molar-refractivity contribution in [1.29, 1.82) is 0 Å². The van der Waals surface area contributed by atoms with Gasteiger partial charge in [0, 0.05) is 36.7 Å². The van der Waals surface area contributed by atoms with Crippen molar-refractivity contribution >= 4 is 57.5 Å². The van der Waals surface area contributed by atoms with Gasteiger partial charge in [0.15, 0.2) is 11.4 Å². The summed E-state index contributed by atoms with van der Waals surface area (Å²) in [5.41, 5.74) is -8.70. The van der Waals surface area contributed by atoms with Crippen LogP contribution >= 0.6 is 21.6 Å². The number of nitrogens with one attached hydrogen (secondary N) is 1. The van der Waals surface area contributed by atoms with Crippen LogP contribution in [0, 0.1) is 16.7 Å². The standard InChI is InChI=1S/C48H61NO17S2/c1-26-30(62-41(56)36(63-43(58)60-20-22-68-67-21-19-50)34(28-15-11-9-12-16-28)49-42(57)66-44(3,4)5)24-48(59)39(64-40(55)29-17-13-10-14-18-29)37-46(8,38(54)35(53)33(26)45(48,6)7)31(52)23-32-47(37,25-61-32)65-27(2)51/h9-18,30-32,34-37,39,50,52-53,59H,19-25H2,1-8H3,(H,49,57)/t30-,31-,32+,34-,35+,36+,37-,39-,46+,47-,48+/m0/s1. The molecule has 0 aromatic heterocycles. The van der Waals surface area contributed by atoms with Gasteiger partial charge in [0.05, 0.1) is 36.2 Å². The molecule has 18 nitrogen and oxygen atoms in total. The number of carbonyl (C=O) groups excluding carboxylic acids is 6. The van der Waals surface area contributed by atoms with Gasteiger partial charge in [0.25, 0.3) is 0 Å². The van der Waals surface area contributed by atoms with Crippen LogP contribution < -0.4 is 5.32 Å². The molecule has 2 bridgehead atoms. The molecule has 6 rings (SSSR count). The maximum Gasteiger partial charge on any atom is 0.509 e. The Labute approximate surface area is 402 Å². The van der Waals surface area contributed by atoms with E-state index >= 15 is 4.79 Å². The fourth-order valence-electron chi connectivity index (χ4n) is 10.1. The zero-order chi connectivity index (χ0) is 50.0. The van der Waals surface area contributed by atoms with Crippen molar-refractivity contribution < 1.29 is 82.4 Å². The molecule has 0 unspecified atom stereocenters. The highest BCUT2D eigenvalue weighted by Gasteiger charge is 2.78. The lowest BCUT2D eigenvalue weighted by atomic mass is 9.44. The van der Waals surface area contributed by atoms with E-state index in [0.717, 1.165) is 6.92 Å². The quantitative estimate of drug-likeness (QED) is 0.0528. The maximum absolute atomic E-state index is 15.2. The molecule has 3 aliphatic carbocycles. The molecule has 0 radical (unpaired) electrons. The van der Waals surface area contributed by atoms with Gasteiger partial charge in [-0.05, 0) is 63.5 Å². The Morgan fingerprint density at radius 3 is 2.16 bits per heavy atom. The second kappa shape index (κ2) is 20.7. The van der Waals surface area contributed by atoms with Gasteiger partial charge in [0.1, 0.15) is 48.3 Å². The van der Waals surface area contributed by atoms with Crippen LogP contribution in [-0.2, 0) is 47.5 Å². The van der Waals surface area contributed by atoms with Crippen LogP contribution in [0.5, 0.6) is 0 Å². The van der Waals surface area contributed by atoms with Crippen LogP contribution in [0.3, 0.4) is 0 Å². The number of Topliss-reactive ketones (excluding diaryl/α,β-unsaturated/α-hetero) is 1. The normalized spacial score (nSPS) is 30.3. The highest BCUT2D eigenvalue weighted by molar-refractivity contribution is 8.76. The van der Waals surface area contributed by atoms with Crippen LogP contribution in [0.15, 0.2) is 71.8 Å². The van der Waals surface area contributed by atoms with Crippen molar-refractivity contribution in [2.45, 2.75) is 128 Å². The summed E-state index contributed by atoms with van der Waals surface area (Å²) >= 11 is 0. The van der Waals surface area contributed by atoms with Crippen molar-refractivity contribution in [3.8, 4) is 0 Å². The zero-order valence-corrected chi connectivity index (χ0v) is 40.9. The summed E-state index contributed by atoms with van der Waals surface area (Å²) < 4.78 is 41.1. The molecule has 1 aliphatic heterocycles. The summed E-state index contributed by atoms with van der Waals surface area (Å²) in [4.78, 5) is 84.3. The van der Waals surface area contributed by atoms with Gasteiger partial charge < -0.3 is 58.9 Å². The molecule has 1 amide bonds. The summed E-state index contributed by atoms with van der Waals surface area (Å²) in [6, 6.07) is 14.3. The number of alkyl carbamates (subject to hydrolysis) is 1. The molecule has 2 saturated carbocycles. The van der Waals surface area contributed by atoms with E-state index in [2.05, 4.69) is 5.32 Å². The summed E-state index contributed by atoms with van der Waals surface area (Å²) in [7, 11) is 2.67. The lowest BCUT2D eigenvalue weighted by Gasteiger charge is -2.67. The first kappa shape index (κ1) is 52.7. The topological polar surface area (TPSA) is 260 Å². The number of rotatable bonds is 15. The molecular weight excluding hydrogens is 927 g/mol. The third-order valence-corrected chi connectivity index (χ3v) is 15.8. The molecule has 372 valence electrons. The predicted molar refractivity (Wildman–Crippen MR) is 246 cm³/mol. The number of ketones is 1. The predicted octanol–water partition coefficient (Wildman–Crippen LogP) is 4.79. The largest absolute Gasteiger partial charge is 0.509 e. The number of aliphatic hydroxyl groups excluding tert-OH is 3. The number of amides is 1. The molecule has 1 heterocycles. The van der Waals surface area contributed by atoms with Crippen molar-refractivity contribution in [3.63, 3.8) is 0 Å². The molecule has 20 heteroatoms. The number of esters is 3. The van der Waals surface area contributed by atoms with Crippen LogP contribution in [0.25, 0.3) is 0 Å². The van der Waals surface area contributed by atoms with Gasteiger partial charge in [0.2, 0.25) is 6.10 Å². The van der Waals surface area contributed by atoms with E-state index in [1.165, 1.54) is 61.4 Å². The number of ether oxygens (including phenoxy) is 7. The van der Waals surface area contributed by atoms with Crippen molar-refractivity contribution in [3.05, 3.63) is 82.9 Å². The Morgan fingerprint density at radius 1 is 0.941 bits per heavy atom. The first-order valence-electron chi connectivity index (χ1n) is 22.3. The van der Waals surface area contributed by atoms with Crippen LogP contribution in [-0.4, -0.2) is 141 Å². The average molecular weight is 988 g/mol. The van der Waals surface area contributed by atoms with Crippen LogP contribution in [0.1, 0.15) is 90.2 Å². The number of benzene rings is 2. The lowest BCUT2D eigenvalue weighted by Crippen LogP contribution is -2.81. The number of fused-ring (bicyclic) bond motifs is 5. The molecule has 68 heavy (non-hydrogen) atoms. The SMILES string of the molecule is CC(=O)O[C@@]12CO[C@@H]1C[C@H](O)[C@@]1(C)C(=O)[C@H](O)C3=C(C)[C@@H](OC(=O)[C@H](OC(=O)OCCSSCCO)[C@@H](NC(=O)OC(C)(C)C)c4ccccc4)C[C@@](O)([C@@H](OC(=O)c4ccccc4)[C@H]21)C3(C)C. The Balaban J connectivity index is 1.48. The fraction of sp³-hybridized carbons (Fsp3) is 0.583. The van der Waals surface area contributed by atoms with Crippen molar-refractivity contribution in [2.24, 2.45) is 16.7 Å². The first-order valence-corrected chi connectivity index (χ1v) is 24.8. The van der Waals surface area contributed by atoms with E-state index < -0.39 is 119 Å². The number of hydrogen-bond acceptors (Lipinski definition) is 19. The molecule has 2 aromatic carbocycles. The Hall–Kier alpha value is -4.70. The minimum absolute atomic E-state index is 0.0490. The zero-order valence-electron chi connectivity index (χ0n) is 39.3. The highest BCUT2D eigenvalue weighted by Crippen LogP contribution is 2.64. The molecular formula is C48H61NO17S2. The van der Waals surface area contributed by atoms with Crippen LogP contribution in [0.2, 0.25) is 0 Å². The Kier molecular flexibility index (Phi) is 16.0. The number of hydrogen-bond donors (Lipinski definition) is 5. The van der Waals surface area contributed by atoms with Gasteiger partial charge in [-0.25, -0.2) is 19.2 Å². The summed E-state index contributed by atoms with van der Waals surface area (Å²) in [6.45, 7) is 11.4.